The van der Waals surface area contributed by atoms with Crippen LogP contribution in [0.3, 0.4) is 0 Å². The monoisotopic (exact) mass is 185 g/mol. The largest absolute Gasteiger partial charge is 1.00 e. The maximum Gasteiger partial charge on any atom is 1.00 e. The molecule has 0 amide bonds. The summed E-state index contributed by atoms with van der Waals surface area (Å²) in [7, 11) is 0. The minimum atomic E-state index is -0.330. The molecular weight excluding hydrogens is 169 g/mol. The number of nitrogens with two attached hydrogens (primary N) is 1. The van der Waals surface area contributed by atoms with Crippen LogP contribution in [0.1, 0.15) is 8.35 Å². The summed E-state index contributed by atoms with van der Waals surface area (Å²) in [4.78, 5) is 14.7. The summed E-state index contributed by atoms with van der Waals surface area (Å²) in [6.45, 7) is 4.08. The molecule has 0 fully saturated rings. The molecule has 0 aliphatic heterocycles. The fourth-order valence-corrected chi connectivity index (χ4v) is 0.519. The predicted octanol–water partition coefficient (Wildman–Crippen LogP) is -4.28. The first kappa shape index (κ1) is 14.9. The Morgan fingerprint density at radius 1 is 1.50 bits per heavy atom. The van der Waals surface area contributed by atoms with Crippen LogP contribution in [0.4, 0.5) is 0 Å². The molecule has 0 unspecified atom stereocenters. The Kier molecular flexibility index (Phi) is 14.0. The second-order valence-corrected chi connectivity index (χ2v) is 2.03. The van der Waals surface area contributed by atoms with Crippen molar-refractivity contribution in [2.45, 2.75) is 6.92 Å². The van der Waals surface area contributed by atoms with E-state index in [4.69, 9.17) is 5.73 Å². The van der Waals surface area contributed by atoms with Crippen molar-refractivity contribution in [1.29, 1.82) is 0 Å². The standard InChI is InChI=1S/C6H15N3O2.Na.H/c1-6(10)11-9-5-4-8-3-2-7;;/h8-9H,2-5,7H2,1H3;;/q;+1;-1. The van der Waals surface area contributed by atoms with Gasteiger partial charge in [0.05, 0.1) is 0 Å². The summed E-state index contributed by atoms with van der Waals surface area (Å²) >= 11 is 0. The molecule has 0 aromatic rings. The number of hydrogen-bond acceptors (Lipinski definition) is 5. The van der Waals surface area contributed by atoms with E-state index in [0.29, 0.717) is 13.1 Å². The third kappa shape index (κ3) is 13.0. The summed E-state index contributed by atoms with van der Waals surface area (Å²) < 4.78 is 0. The van der Waals surface area contributed by atoms with Gasteiger partial charge in [-0.1, -0.05) is 0 Å². The van der Waals surface area contributed by atoms with Crippen molar-refractivity contribution in [3.05, 3.63) is 0 Å². The quantitative estimate of drug-likeness (QED) is 0.222. The maximum absolute atomic E-state index is 10.2. The van der Waals surface area contributed by atoms with Crippen molar-refractivity contribution < 1.29 is 40.6 Å². The van der Waals surface area contributed by atoms with Crippen LogP contribution in [-0.2, 0) is 9.63 Å². The fraction of sp³-hybridized carbons (Fsp3) is 0.833. The van der Waals surface area contributed by atoms with Crippen molar-refractivity contribution in [3.8, 4) is 0 Å². The Morgan fingerprint density at radius 2 is 2.17 bits per heavy atom. The van der Waals surface area contributed by atoms with E-state index in [1.54, 1.807) is 0 Å². The van der Waals surface area contributed by atoms with Crippen LogP contribution in [0.5, 0.6) is 0 Å². The van der Waals surface area contributed by atoms with Crippen molar-refractivity contribution in [1.82, 2.24) is 10.8 Å². The van der Waals surface area contributed by atoms with Crippen molar-refractivity contribution in [3.63, 3.8) is 0 Å². The van der Waals surface area contributed by atoms with Gasteiger partial charge < -0.3 is 17.3 Å². The van der Waals surface area contributed by atoms with Gasteiger partial charge in [0.2, 0.25) is 0 Å². The minimum Gasteiger partial charge on any atom is -1.00 e. The van der Waals surface area contributed by atoms with Crippen molar-refractivity contribution in [2.24, 2.45) is 5.73 Å². The van der Waals surface area contributed by atoms with Gasteiger partial charge in [0.15, 0.2) is 0 Å². The van der Waals surface area contributed by atoms with E-state index < -0.39 is 0 Å². The number of nitrogens with one attached hydrogen (secondary N) is 2. The molecule has 4 N–H and O–H groups in total. The van der Waals surface area contributed by atoms with E-state index in [9.17, 15) is 4.79 Å². The Labute approximate surface area is 96.1 Å². The van der Waals surface area contributed by atoms with Gasteiger partial charge in [0.25, 0.3) is 0 Å². The molecule has 0 radical (unpaired) electrons. The molecule has 0 saturated heterocycles. The molecule has 0 aromatic carbocycles. The molecule has 0 aliphatic rings. The Morgan fingerprint density at radius 3 is 2.67 bits per heavy atom. The van der Waals surface area contributed by atoms with Crippen molar-refractivity contribution >= 4 is 5.97 Å². The normalized spacial score (nSPS) is 8.83. The number of rotatable bonds is 6. The molecule has 0 aliphatic carbocycles. The molecule has 0 spiro atoms. The van der Waals surface area contributed by atoms with Gasteiger partial charge in [-0.25, -0.2) is 0 Å². The van der Waals surface area contributed by atoms with E-state index in [0.717, 1.165) is 13.1 Å². The zero-order valence-electron chi connectivity index (χ0n) is 8.72. The average molecular weight is 185 g/mol. The zero-order chi connectivity index (χ0) is 8.53. The molecule has 0 heterocycles. The van der Waals surface area contributed by atoms with E-state index in [1.807, 2.05) is 0 Å². The summed E-state index contributed by atoms with van der Waals surface area (Å²) in [6, 6.07) is 0. The Balaban J connectivity index is -0.000000500. The van der Waals surface area contributed by atoms with Gasteiger partial charge in [-0.15, -0.1) is 0 Å². The van der Waals surface area contributed by atoms with Gasteiger partial charge in [0.1, 0.15) is 0 Å². The van der Waals surface area contributed by atoms with E-state index in [-0.39, 0.29) is 37.0 Å². The van der Waals surface area contributed by atoms with E-state index in [1.165, 1.54) is 6.92 Å². The Hall–Kier alpha value is 0.350. The topological polar surface area (TPSA) is 76.4 Å². The summed E-state index contributed by atoms with van der Waals surface area (Å²) in [5.41, 5.74) is 7.71. The number of hydrogen-bond donors (Lipinski definition) is 3. The van der Waals surface area contributed by atoms with Crippen LogP contribution in [0.2, 0.25) is 0 Å². The van der Waals surface area contributed by atoms with Gasteiger partial charge in [-0.3, -0.25) is 4.79 Å². The fourth-order valence-electron chi connectivity index (χ4n) is 0.519. The molecule has 68 valence electrons. The number of carbonyl (C=O) groups is 1. The number of hydroxylamine groups is 1. The third-order valence-electron chi connectivity index (χ3n) is 0.941. The molecule has 0 aromatic heterocycles. The molecule has 0 atom stereocenters. The first-order chi connectivity index (χ1) is 5.27. The Bertz CT molecular complexity index is 118. The summed E-state index contributed by atoms with van der Waals surface area (Å²) in [6.07, 6.45) is 0. The van der Waals surface area contributed by atoms with Gasteiger partial charge in [-0.2, -0.15) is 5.48 Å². The smallest absolute Gasteiger partial charge is 1.00 e. The maximum atomic E-state index is 10.2. The van der Waals surface area contributed by atoms with Crippen LogP contribution in [0, 0.1) is 0 Å². The summed E-state index contributed by atoms with van der Waals surface area (Å²) in [5.74, 6) is -0.330. The average Bonchev–Trinajstić information content (AvgIpc) is 1.96. The first-order valence-corrected chi connectivity index (χ1v) is 3.58. The zero-order valence-corrected chi connectivity index (χ0v) is 9.72. The second-order valence-electron chi connectivity index (χ2n) is 2.03. The summed E-state index contributed by atoms with van der Waals surface area (Å²) in [5, 5.41) is 3.03. The molecule has 5 nitrogen and oxygen atoms in total. The number of carbonyl (C=O) groups excluding carboxylic acids is 1. The molecule has 0 saturated carbocycles. The molecule has 0 rings (SSSR count). The van der Waals surface area contributed by atoms with Crippen LogP contribution in [0.25, 0.3) is 0 Å². The SMILES string of the molecule is CC(=O)ONCCNCCN.[H-].[Na+]. The van der Waals surface area contributed by atoms with Crippen molar-refractivity contribution in [2.75, 3.05) is 26.2 Å². The van der Waals surface area contributed by atoms with E-state index in [2.05, 4.69) is 15.6 Å². The minimum absolute atomic E-state index is 0. The molecule has 0 bridgehead atoms. The second kappa shape index (κ2) is 11.4. The van der Waals surface area contributed by atoms with Crippen LogP contribution >= 0.6 is 0 Å². The molecule has 12 heavy (non-hydrogen) atoms. The predicted molar refractivity (Wildman–Crippen MR) is 42.8 cm³/mol. The first-order valence-electron chi connectivity index (χ1n) is 3.58. The molecular formula is C6H16N3NaO2. The van der Waals surface area contributed by atoms with Crippen LogP contribution < -0.4 is 46.1 Å². The van der Waals surface area contributed by atoms with Gasteiger partial charge in [-0.05, 0) is 0 Å². The third-order valence-corrected chi connectivity index (χ3v) is 0.941. The van der Waals surface area contributed by atoms with Crippen LogP contribution in [0.15, 0.2) is 0 Å². The van der Waals surface area contributed by atoms with E-state index >= 15 is 0 Å². The van der Waals surface area contributed by atoms with Crippen LogP contribution in [-0.4, -0.2) is 32.1 Å². The molecule has 6 heteroatoms. The van der Waals surface area contributed by atoms with Gasteiger partial charge in [0, 0.05) is 33.1 Å². The van der Waals surface area contributed by atoms with Gasteiger partial charge >= 0.3 is 35.5 Å².